The van der Waals surface area contributed by atoms with Crippen LogP contribution < -0.4 is 25.3 Å². The number of anilines is 1. The number of nitro benzene ring substituents is 1. The first kappa shape index (κ1) is 18.8. The van der Waals surface area contributed by atoms with Gasteiger partial charge in [-0.3, -0.25) is 14.9 Å². The van der Waals surface area contributed by atoms with Crippen LogP contribution in [0.25, 0.3) is 0 Å². The normalized spacial score (nSPS) is 10.1. The molecule has 2 aromatic rings. The highest BCUT2D eigenvalue weighted by atomic mass is 16.6. The van der Waals surface area contributed by atoms with E-state index in [1.165, 1.54) is 33.5 Å². The Labute approximate surface area is 149 Å². The molecule has 2 rings (SSSR count). The zero-order valence-electron chi connectivity index (χ0n) is 14.6. The van der Waals surface area contributed by atoms with Crippen LogP contribution in [0.3, 0.4) is 0 Å². The fourth-order valence-corrected chi connectivity index (χ4v) is 2.42. The first-order valence-electron chi connectivity index (χ1n) is 7.52. The molecule has 0 aliphatic heterocycles. The van der Waals surface area contributed by atoms with Gasteiger partial charge < -0.3 is 25.3 Å². The van der Waals surface area contributed by atoms with E-state index in [1.807, 2.05) is 0 Å². The molecule has 0 radical (unpaired) electrons. The van der Waals surface area contributed by atoms with Gasteiger partial charge in [0.1, 0.15) is 5.69 Å². The second-order valence-corrected chi connectivity index (χ2v) is 5.24. The van der Waals surface area contributed by atoms with E-state index in [-0.39, 0.29) is 23.5 Å². The number of methoxy groups -OCH3 is 3. The molecule has 0 saturated carbocycles. The Morgan fingerprint density at radius 3 is 2.19 bits per heavy atom. The van der Waals surface area contributed by atoms with E-state index in [0.717, 1.165) is 11.6 Å². The number of nitrogens with zero attached hydrogens (tertiary/aromatic N) is 1. The number of ether oxygens (including phenoxy) is 3. The molecule has 9 nitrogen and oxygen atoms in total. The van der Waals surface area contributed by atoms with Crippen LogP contribution in [0.1, 0.15) is 15.9 Å². The predicted molar refractivity (Wildman–Crippen MR) is 95.0 cm³/mol. The van der Waals surface area contributed by atoms with Gasteiger partial charge in [0.2, 0.25) is 11.7 Å². The molecule has 0 atom stereocenters. The Bertz CT molecular complexity index is 812. The summed E-state index contributed by atoms with van der Waals surface area (Å²) in [5, 5.41) is 14.2. The fourth-order valence-electron chi connectivity index (χ4n) is 2.42. The molecule has 3 N–H and O–H groups in total. The molecule has 2 aromatic carbocycles. The van der Waals surface area contributed by atoms with Gasteiger partial charge in [-0.1, -0.05) is 0 Å². The smallest absolute Gasteiger partial charge is 0.293 e. The highest BCUT2D eigenvalue weighted by Crippen LogP contribution is 2.38. The number of hydrogen-bond acceptors (Lipinski definition) is 7. The maximum atomic E-state index is 11.2. The third-order valence-corrected chi connectivity index (χ3v) is 3.69. The predicted octanol–water partition coefficient (Wildman–Crippen LogP) is 2.33. The van der Waals surface area contributed by atoms with Gasteiger partial charge in [0, 0.05) is 18.2 Å². The number of carbonyl (C=O) groups excluding carboxylic acids is 1. The lowest BCUT2D eigenvalue weighted by Gasteiger charge is -2.15. The van der Waals surface area contributed by atoms with Crippen LogP contribution in [0.2, 0.25) is 0 Å². The summed E-state index contributed by atoms with van der Waals surface area (Å²) in [7, 11) is 4.51. The Balaban J connectivity index is 2.31. The van der Waals surface area contributed by atoms with Crippen molar-refractivity contribution < 1.29 is 23.9 Å². The molecule has 1 amide bonds. The first-order valence-corrected chi connectivity index (χ1v) is 7.52. The maximum Gasteiger partial charge on any atom is 0.293 e. The highest BCUT2D eigenvalue weighted by Gasteiger charge is 2.17. The zero-order valence-corrected chi connectivity index (χ0v) is 14.6. The van der Waals surface area contributed by atoms with Gasteiger partial charge in [0.25, 0.3) is 5.69 Å². The summed E-state index contributed by atoms with van der Waals surface area (Å²) >= 11 is 0. The minimum atomic E-state index is -0.732. The molecule has 0 spiro atoms. The van der Waals surface area contributed by atoms with Crippen LogP contribution in [0.4, 0.5) is 11.4 Å². The van der Waals surface area contributed by atoms with Gasteiger partial charge in [-0.05, 0) is 29.8 Å². The van der Waals surface area contributed by atoms with Gasteiger partial charge in [-0.2, -0.15) is 0 Å². The van der Waals surface area contributed by atoms with Crippen molar-refractivity contribution in [2.75, 3.05) is 26.6 Å². The van der Waals surface area contributed by atoms with Crippen LogP contribution in [-0.2, 0) is 6.54 Å². The SMILES string of the molecule is COc1cc(CNc2ccc(C(N)=O)cc2[N+](=O)[O-])cc(OC)c1OC. The Kier molecular flexibility index (Phi) is 5.84. The van der Waals surface area contributed by atoms with E-state index < -0.39 is 10.8 Å². The maximum absolute atomic E-state index is 11.2. The van der Waals surface area contributed by atoms with Crippen molar-refractivity contribution in [2.45, 2.75) is 6.54 Å². The van der Waals surface area contributed by atoms with Crippen molar-refractivity contribution in [3.8, 4) is 17.2 Å². The van der Waals surface area contributed by atoms with Crippen LogP contribution in [-0.4, -0.2) is 32.2 Å². The third kappa shape index (κ3) is 3.94. The van der Waals surface area contributed by atoms with Crippen LogP contribution >= 0.6 is 0 Å². The lowest BCUT2D eigenvalue weighted by molar-refractivity contribution is -0.384. The van der Waals surface area contributed by atoms with E-state index in [2.05, 4.69) is 5.32 Å². The number of carbonyl (C=O) groups is 1. The van der Waals surface area contributed by atoms with E-state index in [9.17, 15) is 14.9 Å². The largest absolute Gasteiger partial charge is 0.493 e. The van der Waals surface area contributed by atoms with Crippen molar-refractivity contribution >= 4 is 17.3 Å². The van der Waals surface area contributed by atoms with Crippen molar-refractivity contribution in [1.82, 2.24) is 0 Å². The van der Waals surface area contributed by atoms with Crippen molar-refractivity contribution in [3.05, 3.63) is 51.6 Å². The van der Waals surface area contributed by atoms with E-state index >= 15 is 0 Å². The second kappa shape index (κ2) is 8.06. The van der Waals surface area contributed by atoms with Gasteiger partial charge in [0.05, 0.1) is 26.3 Å². The number of nitro groups is 1. The summed E-state index contributed by atoms with van der Waals surface area (Å²) in [6.45, 7) is 0.257. The molecule has 138 valence electrons. The molecule has 0 unspecified atom stereocenters. The van der Waals surface area contributed by atoms with Gasteiger partial charge in [-0.25, -0.2) is 0 Å². The van der Waals surface area contributed by atoms with Crippen molar-refractivity contribution in [1.29, 1.82) is 0 Å². The molecule has 0 aliphatic rings. The summed E-state index contributed by atoms with van der Waals surface area (Å²) in [6.07, 6.45) is 0. The molecule has 0 bridgehead atoms. The topological polar surface area (TPSA) is 126 Å². The van der Waals surface area contributed by atoms with Gasteiger partial charge in [-0.15, -0.1) is 0 Å². The summed E-state index contributed by atoms with van der Waals surface area (Å²) in [5.41, 5.74) is 6.01. The number of benzene rings is 2. The van der Waals surface area contributed by atoms with Crippen molar-refractivity contribution in [3.63, 3.8) is 0 Å². The Hall–Kier alpha value is -3.49. The van der Waals surface area contributed by atoms with Gasteiger partial charge >= 0.3 is 0 Å². The lowest BCUT2D eigenvalue weighted by Crippen LogP contribution is -2.12. The molecule has 0 aromatic heterocycles. The molecule has 26 heavy (non-hydrogen) atoms. The fraction of sp³-hybridized carbons (Fsp3) is 0.235. The summed E-state index contributed by atoms with van der Waals surface area (Å²) in [4.78, 5) is 21.9. The third-order valence-electron chi connectivity index (χ3n) is 3.69. The molecular formula is C17H19N3O6. The quantitative estimate of drug-likeness (QED) is 0.546. The highest BCUT2D eigenvalue weighted by molar-refractivity contribution is 5.94. The first-order chi connectivity index (χ1) is 12.4. The summed E-state index contributed by atoms with van der Waals surface area (Å²) in [6, 6.07) is 7.47. The number of hydrogen-bond donors (Lipinski definition) is 2. The molecule has 0 fully saturated rings. The van der Waals surface area contributed by atoms with Crippen LogP contribution in [0.5, 0.6) is 17.2 Å². The molecular weight excluding hydrogens is 342 g/mol. The monoisotopic (exact) mass is 361 g/mol. The van der Waals surface area contributed by atoms with E-state index in [4.69, 9.17) is 19.9 Å². The Morgan fingerprint density at radius 2 is 1.73 bits per heavy atom. The van der Waals surface area contributed by atoms with Crippen molar-refractivity contribution in [2.24, 2.45) is 5.73 Å². The number of amides is 1. The average Bonchev–Trinajstić information content (AvgIpc) is 2.64. The average molecular weight is 361 g/mol. The van der Waals surface area contributed by atoms with Gasteiger partial charge in [0.15, 0.2) is 11.5 Å². The zero-order chi connectivity index (χ0) is 19.3. The van der Waals surface area contributed by atoms with Crippen LogP contribution in [0.15, 0.2) is 30.3 Å². The molecule has 9 heteroatoms. The lowest BCUT2D eigenvalue weighted by atomic mass is 10.1. The Morgan fingerprint density at radius 1 is 1.12 bits per heavy atom. The summed E-state index contributed by atoms with van der Waals surface area (Å²) in [5.74, 6) is 0.671. The number of nitrogens with one attached hydrogen (secondary N) is 1. The minimum Gasteiger partial charge on any atom is -0.493 e. The van der Waals surface area contributed by atoms with E-state index in [0.29, 0.717) is 17.2 Å². The standard InChI is InChI=1S/C17H19N3O6/c1-24-14-6-10(7-15(25-2)16(14)26-3)9-19-12-5-4-11(17(18)21)8-13(12)20(22)23/h4-8,19H,9H2,1-3H3,(H2,18,21). The molecule has 0 aliphatic carbocycles. The number of primary amides is 1. The number of nitrogens with two attached hydrogens (primary N) is 1. The molecule has 0 saturated heterocycles. The number of rotatable bonds is 8. The van der Waals surface area contributed by atoms with E-state index in [1.54, 1.807) is 12.1 Å². The molecule has 0 heterocycles. The second-order valence-electron chi connectivity index (χ2n) is 5.24. The minimum absolute atomic E-state index is 0.0648. The summed E-state index contributed by atoms with van der Waals surface area (Å²) < 4.78 is 15.8. The van der Waals surface area contributed by atoms with Crippen LogP contribution in [0, 0.1) is 10.1 Å².